The maximum Gasteiger partial charge on any atom is 0.113 e. The number of hydrogen-bond donors (Lipinski definition) is 1. The van der Waals surface area contributed by atoms with Crippen molar-refractivity contribution in [2.75, 3.05) is 13.1 Å². The Bertz CT molecular complexity index is 552. The molecule has 0 spiro atoms. The summed E-state index contributed by atoms with van der Waals surface area (Å²) in [6.45, 7) is 9.19. The number of nitrogens with one attached hydrogen (secondary N) is 1. The summed E-state index contributed by atoms with van der Waals surface area (Å²) in [5.74, 6) is 0. The van der Waals surface area contributed by atoms with Crippen molar-refractivity contribution in [2.45, 2.75) is 33.5 Å². The normalized spacial score (nSPS) is 11.2. The number of benzene rings is 1. The van der Waals surface area contributed by atoms with Crippen LogP contribution in [0.5, 0.6) is 0 Å². The fraction of sp³-hybridized carbons (Fsp3) is 0.438. The SMILES string of the molecule is CCN(CC)Cc1ccccc1CNCc1ncc(Cl)s1. The van der Waals surface area contributed by atoms with Gasteiger partial charge in [-0.2, -0.15) is 0 Å². The molecule has 114 valence electrons. The lowest BCUT2D eigenvalue weighted by molar-refractivity contribution is 0.294. The average Bonchev–Trinajstić information content (AvgIpc) is 2.91. The molecule has 0 amide bonds. The molecule has 0 aliphatic carbocycles. The van der Waals surface area contributed by atoms with Crippen molar-refractivity contribution in [1.29, 1.82) is 0 Å². The first-order valence-corrected chi connectivity index (χ1v) is 8.52. The Morgan fingerprint density at radius 3 is 2.48 bits per heavy atom. The van der Waals surface area contributed by atoms with Crippen LogP contribution in [0.15, 0.2) is 30.5 Å². The zero-order valence-corrected chi connectivity index (χ0v) is 14.2. The molecule has 2 aromatic rings. The molecule has 3 nitrogen and oxygen atoms in total. The van der Waals surface area contributed by atoms with Crippen LogP contribution in [0.25, 0.3) is 0 Å². The summed E-state index contributed by atoms with van der Waals surface area (Å²) in [6.07, 6.45) is 1.71. The van der Waals surface area contributed by atoms with E-state index >= 15 is 0 Å². The van der Waals surface area contributed by atoms with Gasteiger partial charge in [0.05, 0.1) is 6.20 Å². The van der Waals surface area contributed by atoms with Crippen LogP contribution in [0.3, 0.4) is 0 Å². The first-order valence-electron chi connectivity index (χ1n) is 7.33. The summed E-state index contributed by atoms with van der Waals surface area (Å²) in [6, 6.07) is 8.63. The fourth-order valence-electron chi connectivity index (χ4n) is 2.25. The molecule has 1 aromatic carbocycles. The minimum absolute atomic E-state index is 0.744. The molecule has 1 aromatic heterocycles. The molecule has 0 unspecified atom stereocenters. The second-order valence-corrected chi connectivity index (χ2v) is 6.64. The van der Waals surface area contributed by atoms with Crippen LogP contribution < -0.4 is 5.32 Å². The summed E-state index contributed by atoms with van der Waals surface area (Å²) in [5, 5.41) is 4.48. The molecule has 0 saturated carbocycles. The van der Waals surface area contributed by atoms with Crippen LogP contribution in [0.4, 0.5) is 0 Å². The molecular weight excluding hydrogens is 302 g/mol. The molecule has 5 heteroatoms. The molecule has 0 radical (unpaired) electrons. The Balaban J connectivity index is 1.93. The van der Waals surface area contributed by atoms with Gasteiger partial charge in [0.15, 0.2) is 0 Å². The molecular formula is C16H22ClN3S. The van der Waals surface area contributed by atoms with Crippen molar-refractivity contribution in [2.24, 2.45) is 0 Å². The zero-order valence-electron chi connectivity index (χ0n) is 12.6. The Morgan fingerprint density at radius 1 is 1.14 bits per heavy atom. The van der Waals surface area contributed by atoms with Gasteiger partial charge in [0.2, 0.25) is 0 Å². The lowest BCUT2D eigenvalue weighted by Gasteiger charge is -2.20. The van der Waals surface area contributed by atoms with Crippen LogP contribution in [-0.2, 0) is 19.6 Å². The van der Waals surface area contributed by atoms with Gasteiger partial charge in [0.1, 0.15) is 9.34 Å². The monoisotopic (exact) mass is 323 g/mol. The van der Waals surface area contributed by atoms with E-state index in [1.54, 1.807) is 6.20 Å². The zero-order chi connectivity index (χ0) is 15.1. The first-order chi connectivity index (χ1) is 10.2. The summed E-state index contributed by atoms with van der Waals surface area (Å²) < 4.78 is 0.744. The highest BCUT2D eigenvalue weighted by Gasteiger charge is 2.06. The lowest BCUT2D eigenvalue weighted by Crippen LogP contribution is -2.23. The summed E-state index contributed by atoms with van der Waals surface area (Å²) in [7, 11) is 0. The fourth-order valence-corrected chi connectivity index (χ4v) is 3.17. The van der Waals surface area contributed by atoms with Gasteiger partial charge in [-0.25, -0.2) is 4.98 Å². The van der Waals surface area contributed by atoms with Crippen LogP contribution in [-0.4, -0.2) is 23.0 Å². The van der Waals surface area contributed by atoms with Crippen molar-refractivity contribution in [1.82, 2.24) is 15.2 Å². The van der Waals surface area contributed by atoms with Crippen LogP contribution >= 0.6 is 22.9 Å². The maximum atomic E-state index is 5.89. The number of aromatic nitrogens is 1. The van der Waals surface area contributed by atoms with Crippen molar-refractivity contribution in [3.05, 3.63) is 50.9 Å². The van der Waals surface area contributed by atoms with Crippen LogP contribution in [0, 0.1) is 0 Å². The standard InChI is InChI=1S/C16H22ClN3S/c1-3-20(4-2)12-14-8-6-5-7-13(14)9-18-11-16-19-10-15(17)21-16/h5-8,10,18H,3-4,9,11-12H2,1-2H3. The van der Waals surface area contributed by atoms with Crippen molar-refractivity contribution in [3.8, 4) is 0 Å². The van der Waals surface area contributed by atoms with E-state index in [9.17, 15) is 0 Å². The van der Waals surface area contributed by atoms with Gasteiger partial charge < -0.3 is 5.32 Å². The quantitative estimate of drug-likeness (QED) is 0.798. The third kappa shape index (κ3) is 5.08. The third-order valence-corrected chi connectivity index (χ3v) is 4.64. The third-order valence-electron chi connectivity index (χ3n) is 3.52. The number of rotatable bonds is 8. The van der Waals surface area contributed by atoms with E-state index in [0.717, 1.165) is 42.1 Å². The summed E-state index contributed by atoms with van der Waals surface area (Å²) in [5.41, 5.74) is 2.75. The minimum atomic E-state index is 0.744. The van der Waals surface area contributed by atoms with Gasteiger partial charge >= 0.3 is 0 Å². The van der Waals surface area contributed by atoms with Gasteiger partial charge in [-0.3, -0.25) is 4.90 Å². The summed E-state index contributed by atoms with van der Waals surface area (Å²) in [4.78, 5) is 6.69. The number of hydrogen-bond acceptors (Lipinski definition) is 4. The number of nitrogens with zero attached hydrogens (tertiary/aromatic N) is 2. The predicted octanol–water partition coefficient (Wildman–Crippen LogP) is 3.93. The largest absolute Gasteiger partial charge is 0.306 e. The van der Waals surface area contributed by atoms with Gasteiger partial charge in [-0.1, -0.05) is 49.7 Å². The molecule has 0 fully saturated rings. The van der Waals surface area contributed by atoms with Crippen molar-refractivity contribution in [3.63, 3.8) is 0 Å². The topological polar surface area (TPSA) is 28.2 Å². The van der Waals surface area contributed by atoms with E-state index in [1.165, 1.54) is 22.5 Å². The van der Waals surface area contributed by atoms with Crippen molar-refractivity contribution < 1.29 is 0 Å². The maximum absolute atomic E-state index is 5.89. The van der Waals surface area contributed by atoms with Gasteiger partial charge in [-0.05, 0) is 24.2 Å². The minimum Gasteiger partial charge on any atom is -0.306 e. The van der Waals surface area contributed by atoms with E-state index in [2.05, 4.69) is 53.3 Å². The Morgan fingerprint density at radius 2 is 1.86 bits per heavy atom. The molecule has 0 aliphatic rings. The molecule has 1 heterocycles. The van der Waals surface area contributed by atoms with E-state index in [4.69, 9.17) is 11.6 Å². The Kier molecular flexibility index (Phi) is 6.64. The molecule has 0 atom stereocenters. The summed E-state index contributed by atoms with van der Waals surface area (Å²) >= 11 is 7.42. The molecule has 0 bridgehead atoms. The Labute approximate surface area is 136 Å². The highest BCUT2D eigenvalue weighted by molar-refractivity contribution is 7.15. The molecule has 21 heavy (non-hydrogen) atoms. The van der Waals surface area contributed by atoms with E-state index in [0.29, 0.717) is 0 Å². The second kappa shape index (κ2) is 8.49. The van der Waals surface area contributed by atoms with Gasteiger partial charge in [-0.15, -0.1) is 11.3 Å². The van der Waals surface area contributed by atoms with E-state index in [1.807, 2.05) is 0 Å². The molecule has 2 rings (SSSR count). The molecule has 0 saturated heterocycles. The second-order valence-electron chi connectivity index (χ2n) is 4.89. The average molecular weight is 324 g/mol. The predicted molar refractivity (Wildman–Crippen MR) is 90.7 cm³/mol. The van der Waals surface area contributed by atoms with Crippen LogP contribution in [0.1, 0.15) is 30.0 Å². The Hall–Kier alpha value is -0.940. The number of halogens is 1. The van der Waals surface area contributed by atoms with E-state index < -0.39 is 0 Å². The highest BCUT2D eigenvalue weighted by atomic mass is 35.5. The molecule has 1 N–H and O–H groups in total. The van der Waals surface area contributed by atoms with Gasteiger partial charge in [0.25, 0.3) is 0 Å². The highest BCUT2D eigenvalue weighted by Crippen LogP contribution is 2.18. The van der Waals surface area contributed by atoms with E-state index in [-0.39, 0.29) is 0 Å². The smallest absolute Gasteiger partial charge is 0.113 e. The lowest BCUT2D eigenvalue weighted by atomic mass is 10.1. The first kappa shape index (κ1) is 16.4. The molecule has 0 aliphatic heterocycles. The van der Waals surface area contributed by atoms with Gasteiger partial charge in [0, 0.05) is 19.6 Å². The number of thiazole rings is 1. The van der Waals surface area contributed by atoms with Crippen molar-refractivity contribution >= 4 is 22.9 Å². The van der Waals surface area contributed by atoms with Crippen LogP contribution in [0.2, 0.25) is 4.34 Å².